The third kappa shape index (κ3) is 5.09. The Morgan fingerprint density at radius 1 is 0.976 bits per heavy atom. The van der Waals surface area contributed by atoms with E-state index in [0.29, 0.717) is 17.4 Å². The zero-order chi connectivity index (χ0) is 28.8. The van der Waals surface area contributed by atoms with Gasteiger partial charge in [-0.2, -0.15) is 0 Å². The molecule has 7 rings (SSSR count). The summed E-state index contributed by atoms with van der Waals surface area (Å²) in [4.78, 5) is 12.0. The first kappa shape index (κ1) is 26.9. The van der Waals surface area contributed by atoms with E-state index in [-0.39, 0.29) is 5.82 Å². The van der Waals surface area contributed by atoms with E-state index >= 15 is 0 Å². The Labute approximate surface area is 249 Å². The highest BCUT2D eigenvalue weighted by Gasteiger charge is 2.31. The summed E-state index contributed by atoms with van der Waals surface area (Å²) in [6, 6.07) is 20.0. The smallest absolute Gasteiger partial charge is 0.210 e. The molecule has 1 saturated heterocycles. The van der Waals surface area contributed by atoms with E-state index in [1.165, 1.54) is 17.4 Å². The van der Waals surface area contributed by atoms with Gasteiger partial charge in [-0.3, -0.25) is 0 Å². The van der Waals surface area contributed by atoms with Crippen LogP contribution in [0.3, 0.4) is 0 Å². The molecule has 2 aliphatic rings. The average molecular weight is 583 g/mol. The number of anilines is 4. The first-order valence-corrected chi connectivity index (χ1v) is 15.5. The summed E-state index contributed by atoms with van der Waals surface area (Å²) < 4.78 is 17.2. The topological polar surface area (TPSA) is 65.3 Å². The first-order chi connectivity index (χ1) is 20.5. The van der Waals surface area contributed by atoms with Crippen LogP contribution in [-0.2, 0) is 0 Å². The Balaban J connectivity index is 1.29. The molecule has 2 fully saturated rings. The fourth-order valence-electron chi connectivity index (χ4n) is 5.74. The van der Waals surface area contributed by atoms with Crippen molar-refractivity contribution in [2.24, 2.45) is 0 Å². The number of hydrogen-bond donors (Lipinski definition) is 1. The van der Waals surface area contributed by atoms with Crippen LogP contribution in [-0.4, -0.2) is 71.5 Å². The third-order valence-electron chi connectivity index (χ3n) is 8.29. The zero-order valence-corrected chi connectivity index (χ0v) is 25.0. The van der Waals surface area contributed by atoms with Gasteiger partial charge in [-0.25, -0.2) is 9.37 Å². The van der Waals surface area contributed by atoms with E-state index in [2.05, 4.69) is 78.1 Å². The van der Waals surface area contributed by atoms with Crippen LogP contribution in [0.1, 0.15) is 25.8 Å². The zero-order valence-electron chi connectivity index (χ0n) is 24.2. The highest BCUT2D eigenvalue weighted by atomic mass is 32.1. The standard InChI is InChI=1S/C32H35FN8S/c1-4-39-15-17-40(18-16-39)28-20-29-27(34-30(41(29)23-13-14-23)24-7-5-6-8-25(24)33)19-26(28)35-32-37-36-31(42-32)21-9-11-22(12-10-21)38(2)3/h5-12,19-20,23H,4,13-18H2,1-3H3,(H,35,37). The van der Waals surface area contributed by atoms with Crippen LogP contribution in [0.5, 0.6) is 0 Å². The van der Waals surface area contributed by atoms with Gasteiger partial charge in [0.25, 0.3) is 0 Å². The number of fused-ring (bicyclic) bond motifs is 1. The number of imidazole rings is 1. The maximum absolute atomic E-state index is 15.0. The van der Waals surface area contributed by atoms with Crippen molar-refractivity contribution in [2.45, 2.75) is 25.8 Å². The number of likely N-dealkylation sites (N-methyl/N-ethyl adjacent to an activating group) is 1. The number of hydrogen-bond acceptors (Lipinski definition) is 8. The third-order valence-corrected chi connectivity index (χ3v) is 9.18. The molecule has 0 atom stereocenters. The van der Waals surface area contributed by atoms with Gasteiger partial charge in [0, 0.05) is 57.6 Å². The van der Waals surface area contributed by atoms with Gasteiger partial charge in [-0.15, -0.1) is 10.2 Å². The number of nitrogens with one attached hydrogen (secondary N) is 1. The molecule has 1 saturated carbocycles. The molecule has 8 nitrogen and oxygen atoms in total. The van der Waals surface area contributed by atoms with E-state index in [4.69, 9.17) is 4.98 Å². The summed E-state index contributed by atoms with van der Waals surface area (Å²) in [6.45, 7) is 7.18. The lowest BCUT2D eigenvalue weighted by molar-refractivity contribution is 0.271. The fraction of sp³-hybridized carbons (Fsp3) is 0.344. The largest absolute Gasteiger partial charge is 0.378 e. The minimum atomic E-state index is -0.246. The molecule has 3 heterocycles. The molecule has 10 heteroatoms. The molecule has 216 valence electrons. The summed E-state index contributed by atoms with van der Waals surface area (Å²) in [7, 11) is 4.07. The number of benzene rings is 3. The summed E-state index contributed by atoms with van der Waals surface area (Å²) in [5, 5.41) is 14.2. The molecule has 1 aliphatic carbocycles. The van der Waals surface area contributed by atoms with Crippen LogP contribution in [0.15, 0.2) is 60.7 Å². The number of aromatic nitrogens is 4. The SMILES string of the molecule is CCN1CCN(c2cc3c(cc2Nc2nnc(-c4ccc(N(C)C)cc4)s2)nc(-c2ccccc2F)n3C2CC2)CC1. The Morgan fingerprint density at radius 3 is 2.43 bits per heavy atom. The lowest BCUT2D eigenvalue weighted by Gasteiger charge is -2.36. The van der Waals surface area contributed by atoms with Crippen molar-refractivity contribution < 1.29 is 4.39 Å². The minimum absolute atomic E-state index is 0.246. The van der Waals surface area contributed by atoms with E-state index in [9.17, 15) is 4.39 Å². The number of piperazine rings is 1. The number of nitrogens with zero attached hydrogens (tertiary/aromatic N) is 7. The molecule has 3 aromatic carbocycles. The minimum Gasteiger partial charge on any atom is -0.378 e. The van der Waals surface area contributed by atoms with Crippen LogP contribution < -0.4 is 15.1 Å². The summed E-state index contributed by atoms with van der Waals surface area (Å²) >= 11 is 1.53. The molecule has 0 bridgehead atoms. The van der Waals surface area contributed by atoms with Crippen LogP contribution in [0.4, 0.5) is 26.6 Å². The maximum atomic E-state index is 15.0. The molecule has 2 aromatic heterocycles. The predicted octanol–water partition coefficient (Wildman–Crippen LogP) is 6.65. The van der Waals surface area contributed by atoms with Crippen molar-refractivity contribution in [3.05, 3.63) is 66.5 Å². The van der Waals surface area contributed by atoms with Gasteiger partial charge in [-0.05, 0) is 67.9 Å². The monoisotopic (exact) mass is 582 g/mol. The van der Waals surface area contributed by atoms with Crippen molar-refractivity contribution in [2.75, 3.05) is 61.9 Å². The first-order valence-electron chi connectivity index (χ1n) is 14.6. The molecule has 0 unspecified atom stereocenters. The molecular weight excluding hydrogens is 547 g/mol. The Morgan fingerprint density at radius 2 is 1.74 bits per heavy atom. The second-order valence-electron chi connectivity index (χ2n) is 11.3. The highest BCUT2D eigenvalue weighted by Crippen LogP contribution is 2.44. The molecule has 0 spiro atoms. The Hall–Kier alpha value is -4.02. The summed E-state index contributed by atoms with van der Waals surface area (Å²) in [5.41, 5.74) is 6.68. The highest BCUT2D eigenvalue weighted by molar-refractivity contribution is 7.18. The van der Waals surface area contributed by atoms with Crippen LogP contribution in [0.2, 0.25) is 0 Å². The molecular formula is C32H35FN8S. The molecule has 5 aromatic rings. The normalized spacial score (nSPS) is 15.9. The molecule has 0 radical (unpaired) electrons. The molecule has 0 amide bonds. The second kappa shape index (κ2) is 11.0. The van der Waals surface area contributed by atoms with Gasteiger partial charge in [0.1, 0.15) is 16.6 Å². The van der Waals surface area contributed by atoms with Gasteiger partial charge in [-0.1, -0.05) is 30.4 Å². The molecule has 1 aliphatic heterocycles. The van der Waals surface area contributed by atoms with Gasteiger partial charge < -0.3 is 24.6 Å². The van der Waals surface area contributed by atoms with Crippen LogP contribution >= 0.6 is 11.3 Å². The molecule has 42 heavy (non-hydrogen) atoms. The van der Waals surface area contributed by atoms with Crippen molar-refractivity contribution >= 4 is 44.6 Å². The van der Waals surface area contributed by atoms with Gasteiger partial charge >= 0.3 is 0 Å². The second-order valence-corrected chi connectivity index (χ2v) is 12.3. The van der Waals surface area contributed by atoms with Crippen LogP contribution in [0, 0.1) is 5.82 Å². The van der Waals surface area contributed by atoms with Crippen molar-refractivity contribution in [3.63, 3.8) is 0 Å². The lowest BCUT2D eigenvalue weighted by Crippen LogP contribution is -2.46. The maximum Gasteiger partial charge on any atom is 0.210 e. The number of halogens is 1. The lowest BCUT2D eigenvalue weighted by atomic mass is 10.2. The van der Waals surface area contributed by atoms with Gasteiger partial charge in [0.05, 0.1) is 28.0 Å². The molecule has 1 N–H and O–H groups in total. The quantitative estimate of drug-likeness (QED) is 0.220. The predicted molar refractivity (Wildman–Crippen MR) is 171 cm³/mol. The van der Waals surface area contributed by atoms with E-state index in [1.807, 2.05) is 26.2 Å². The van der Waals surface area contributed by atoms with Crippen molar-refractivity contribution in [3.8, 4) is 22.0 Å². The fourth-order valence-corrected chi connectivity index (χ4v) is 6.50. The summed E-state index contributed by atoms with van der Waals surface area (Å²) in [6.07, 6.45) is 2.17. The average Bonchev–Trinajstić information content (AvgIpc) is 3.63. The van der Waals surface area contributed by atoms with E-state index in [0.717, 1.165) is 89.4 Å². The van der Waals surface area contributed by atoms with E-state index < -0.39 is 0 Å². The Kier molecular flexibility index (Phi) is 7.03. The van der Waals surface area contributed by atoms with Crippen molar-refractivity contribution in [1.82, 2.24) is 24.6 Å². The van der Waals surface area contributed by atoms with Crippen LogP contribution in [0.25, 0.3) is 33.0 Å². The van der Waals surface area contributed by atoms with E-state index in [1.54, 1.807) is 6.07 Å². The number of rotatable bonds is 8. The summed E-state index contributed by atoms with van der Waals surface area (Å²) in [5.74, 6) is 0.452. The van der Waals surface area contributed by atoms with Gasteiger partial charge in [0.15, 0.2) is 0 Å². The van der Waals surface area contributed by atoms with Gasteiger partial charge in [0.2, 0.25) is 5.13 Å². The Bertz CT molecular complexity index is 1710. The van der Waals surface area contributed by atoms with Crippen molar-refractivity contribution in [1.29, 1.82) is 0 Å².